The van der Waals surface area contributed by atoms with Gasteiger partial charge in [-0.1, -0.05) is 77.9 Å². The number of aliphatic hydroxyl groups is 1. The number of aliphatic hydroxyl groups excluding tert-OH is 1. The molecule has 37 heavy (non-hydrogen) atoms. The molecule has 1 amide bonds. The van der Waals surface area contributed by atoms with Crippen LogP contribution in [0.2, 0.25) is 0 Å². The number of hydrogen-bond acceptors (Lipinski definition) is 5. The molecule has 0 atom stereocenters. The van der Waals surface area contributed by atoms with Gasteiger partial charge in [0.2, 0.25) is 11.6 Å². The lowest BCUT2D eigenvalue weighted by Gasteiger charge is -2.30. The predicted molar refractivity (Wildman–Crippen MR) is 146 cm³/mol. The molecule has 0 saturated carbocycles. The zero-order valence-corrected chi connectivity index (χ0v) is 22.9. The maximum Gasteiger partial charge on any atom is 0.259 e. The van der Waals surface area contributed by atoms with Crippen molar-refractivity contribution >= 4 is 23.2 Å². The lowest BCUT2D eigenvalue weighted by molar-refractivity contribution is -0.121. The van der Waals surface area contributed by atoms with Gasteiger partial charge in [0.1, 0.15) is 17.1 Å². The van der Waals surface area contributed by atoms with Crippen molar-refractivity contribution in [3.8, 4) is 5.75 Å². The Bertz CT molecular complexity index is 1220. The van der Waals surface area contributed by atoms with Crippen molar-refractivity contribution in [2.45, 2.75) is 78.1 Å². The molecule has 1 aliphatic carbocycles. The van der Waals surface area contributed by atoms with Crippen LogP contribution in [0.15, 0.2) is 48.0 Å². The van der Waals surface area contributed by atoms with Gasteiger partial charge in [-0.2, -0.15) is 0 Å². The lowest BCUT2D eigenvalue weighted by Crippen LogP contribution is -2.35. The minimum absolute atomic E-state index is 0.0263. The first-order valence-corrected chi connectivity index (χ1v) is 13.1. The fourth-order valence-corrected chi connectivity index (χ4v) is 4.28. The van der Waals surface area contributed by atoms with Gasteiger partial charge in [0, 0.05) is 23.2 Å². The molecule has 0 spiro atoms. The van der Waals surface area contributed by atoms with E-state index in [0.29, 0.717) is 26.0 Å². The fourth-order valence-electron chi connectivity index (χ4n) is 4.28. The topological polar surface area (TPSA) is 92.7 Å². The van der Waals surface area contributed by atoms with Crippen LogP contribution in [0, 0.1) is 0 Å². The van der Waals surface area contributed by atoms with E-state index in [-0.39, 0.29) is 22.0 Å². The Hall–Kier alpha value is -3.41. The molecule has 2 aromatic rings. The Morgan fingerprint density at radius 2 is 1.54 bits per heavy atom. The molecule has 0 aliphatic heterocycles. The molecule has 198 valence electrons. The molecule has 1 aliphatic rings. The number of Topliss-reactive ketones (excluding diaryl/α,β-unsaturated/α-hetero) is 2. The van der Waals surface area contributed by atoms with Crippen LogP contribution in [0.5, 0.6) is 5.75 Å². The SMILES string of the molecule is CCC(C)(C)c1ccc(OCCCCNC(=O)C2=C(O)c3ccccc3C(=O)C2=O)c(C(C)(C)CC)c1. The normalized spacial score (nSPS) is 14.0. The van der Waals surface area contributed by atoms with Crippen molar-refractivity contribution in [3.05, 3.63) is 70.3 Å². The van der Waals surface area contributed by atoms with Gasteiger partial charge in [-0.05, 0) is 48.1 Å². The molecular weight excluding hydrogens is 466 g/mol. The molecule has 0 unspecified atom stereocenters. The third-order valence-corrected chi connectivity index (χ3v) is 7.70. The van der Waals surface area contributed by atoms with E-state index in [0.717, 1.165) is 18.6 Å². The summed E-state index contributed by atoms with van der Waals surface area (Å²) >= 11 is 0. The van der Waals surface area contributed by atoms with Gasteiger partial charge in [-0.25, -0.2) is 0 Å². The van der Waals surface area contributed by atoms with Gasteiger partial charge in [-0.15, -0.1) is 0 Å². The van der Waals surface area contributed by atoms with Crippen molar-refractivity contribution in [2.75, 3.05) is 13.2 Å². The van der Waals surface area contributed by atoms with Gasteiger partial charge in [0.05, 0.1) is 6.61 Å². The fraction of sp³-hybridized carbons (Fsp3) is 0.452. The number of amides is 1. The Morgan fingerprint density at radius 3 is 2.19 bits per heavy atom. The maximum atomic E-state index is 12.6. The third kappa shape index (κ3) is 5.95. The molecule has 0 fully saturated rings. The zero-order chi connectivity index (χ0) is 27.4. The van der Waals surface area contributed by atoms with Crippen LogP contribution in [0.3, 0.4) is 0 Å². The minimum atomic E-state index is -0.988. The molecule has 2 aromatic carbocycles. The number of unbranched alkanes of at least 4 members (excludes halogenated alkanes) is 1. The number of fused-ring (bicyclic) bond motifs is 1. The highest BCUT2D eigenvalue weighted by atomic mass is 16.5. The van der Waals surface area contributed by atoms with E-state index < -0.39 is 28.8 Å². The largest absolute Gasteiger partial charge is 0.506 e. The first-order chi connectivity index (χ1) is 17.4. The third-order valence-electron chi connectivity index (χ3n) is 7.70. The molecule has 0 radical (unpaired) electrons. The minimum Gasteiger partial charge on any atom is -0.506 e. The summed E-state index contributed by atoms with van der Waals surface area (Å²) in [7, 11) is 0. The van der Waals surface area contributed by atoms with E-state index in [9.17, 15) is 19.5 Å². The summed E-state index contributed by atoms with van der Waals surface area (Å²) in [4.78, 5) is 37.4. The highest BCUT2D eigenvalue weighted by molar-refractivity contribution is 6.57. The summed E-state index contributed by atoms with van der Waals surface area (Å²) in [5, 5.41) is 13.1. The zero-order valence-electron chi connectivity index (χ0n) is 22.9. The van der Waals surface area contributed by atoms with Crippen LogP contribution in [0.25, 0.3) is 5.76 Å². The standard InChI is InChI=1S/C31H39NO5/c1-7-30(3,4)20-15-16-24(23(19-20)31(5,6)8-2)37-18-12-11-17-32-29(36)25-26(33)21-13-9-10-14-22(21)27(34)28(25)35/h9-10,13-16,19,33H,7-8,11-12,17-18H2,1-6H3,(H,32,36). The summed E-state index contributed by atoms with van der Waals surface area (Å²) in [5.41, 5.74) is 2.37. The molecule has 0 bridgehead atoms. The smallest absolute Gasteiger partial charge is 0.259 e. The maximum absolute atomic E-state index is 12.6. The number of benzene rings is 2. The second kappa shape index (κ2) is 11.3. The van der Waals surface area contributed by atoms with Crippen molar-refractivity contribution in [1.82, 2.24) is 5.32 Å². The number of carbonyl (C=O) groups is 3. The quantitative estimate of drug-likeness (QED) is 0.220. The summed E-state index contributed by atoms with van der Waals surface area (Å²) in [6, 6.07) is 12.7. The van der Waals surface area contributed by atoms with Crippen molar-refractivity contribution in [2.24, 2.45) is 0 Å². The summed E-state index contributed by atoms with van der Waals surface area (Å²) in [6.07, 6.45) is 3.34. The summed E-state index contributed by atoms with van der Waals surface area (Å²) in [5.74, 6) is -2.09. The van der Waals surface area contributed by atoms with Crippen LogP contribution >= 0.6 is 0 Å². The van der Waals surface area contributed by atoms with Gasteiger partial charge >= 0.3 is 0 Å². The van der Waals surface area contributed by atoms with Crippen LogP contribution in [0.4, 0.5) is 0 Å². The average molecular weight is 506 g/mol. The Labute approximate surface area is 220 Å². The first kappa shape index (κ1) is 28.2. The van der Waals surface area contributed by atoms with Crippen LogP contribution in [0.1, 0.15) is 94.3 Å². The first-order valence-electron chi connectivity index (χ1n) is 13.1. The molecule has 6 nitrogen and oxygen atoms in total. The molecular formula is C31H39NO5. The van der Waals surface area contributed by atoms with Gasteiger partial charge < -0.3 is 15.2 Å². The predicted octanol–water partition coefficient (Wildman–Crippen LogP) is 6.07. The van der Waals surface area contributed by atoms with Crippen molar-refractivity contribution in [3.63, 3.8) is 0 Å². The second-order valence-corrected chi connectivity index (χ2v) is 10.9. The molecule has 2 N–H and O–H groups in total. The highest BCUT2D eigenvalue weighted by Gasteiger charge is 2.36. The van der Waals surface area contributed by atoms with E-state index in [2.05, 4.69) is 65.1 Å². The van der Waals surface area contributed by atoms with Gasteiger partial charge in [0.25, 0.3) is 5.91 Å². The Morgan fingerprint density at radius 1 is 0.892 bits per heavy atom. The van der Waals surface area contributed by atoms with Crippen molar-refractivity contribution < 1.29 is 24.2 Å². The van der Waals surface area contributed by atoms with Crippen LogP contribution in [-0.4, -0.2) is 35.7 Å². The molecule has 0 heterocycles. The number of carbonyl (C=O) groups excluding carboxylic acids is 3. The number of hydrogen-bond donors (Lipinski definition) is 2. The van der Waals surface area contributed by atoms with E-state index in [1.165, 1.54) is 23.3 Å². The Balaban J connectivity index is 1.59. The Kier molecular flexibility index (Phi) is 8.62. The summed E-state index contributed by atoms with van der Waals surface area (Å²) in [6.45, 7) is 14.1. The van der Waals surface area contributed by atoms with E-state index in [1.807, 2.05) is 0 Å². The van der Waals surface area contributed by atoms with Crippen LogP contribution in [-0.2, 0) is 20.4 Å². The average Bonchev–Trinajstić information content (AvgIpc) is 2.89. The highest BCUT2D eigenvalue weighted by Crippen LogP contribution is 2.38. The van der Waals surface area contributed by atoms with E-state index in [4.69, 9.17) is 4.74 Å². The molecule has 6 heteroatoms. The number of nitrogens with one attached hydrogen (secondary N) is 1. The summed E-state index contributed by atoms with van der Waals surface area (Å²) < 4.78 is 6.18. The number of ether oxygens (including phenoxy) is 1. The van der Waals surface area contributed by atoms with E-state index >= 15 is 0 Å². The van der Waals surface area contributed by atoms with Gasteiger partial charge in [-0.3, -0.25) is 14.4 Å². The number of ketones is 2. The lowest BCUT2D eigenvalue weighted by atomic mass is 9.76. The molecule has 0 saturated heterocycles. The monoisotopic (exact) mass is 505 g/mol. The molecule has 0 aromatic heterocycles. The van der Waals surface area contributed by atoms with Crippen LogP contribution < -0.4 is 10.1 Å². The van der Waals surface area contributed by atoms with E-state index in [1.54, 1.807) is 12.1 Å². The van der Waals surface area contributed by atoms with Gasteiger partial charge in [0.15, 0.2) is 0 Å². The molecule has 3 rings (SSSR count). The van der Waals surface area contributed by atoms with Crippen molar-refractivity contribution in [1.29, 1.82) is 0 Å². The number of rotatable bonds is 11. The second-order valence-electron chi connectivity index (χ2n) is 10.9.